The van der Waals surface area contributed by atoms with Crippen molar-refractivity contribution in [2.45, 2.75) is 12.5 Å². The van der Waals surface area contributed by atoms with E-state index in [1.54, 1.807) is 48.3 Å². The lowest BCUT2D eigenvalue weighted by Crippen LogP contribution is -2.47. The fourth-order valence-corrected chi connectivity index (χ4v) is 3.98. The Morgan fingerprint density at radius 2 is 1.72 bits per heavy atom. The van der Waals surface area contributed by atoms with Crippen LogP contribution >= 0.6 is 11.8 Å². The number of amides is 3. The number of carbonyl (C=O) groups is 3. The zero-order valence-corrected chi connectivity index (χ0v) is 16.6. The molecule has 1 aliphatic heterocycles. The fraction of sp³-hybridized carbons (Fsp3) is 0.182. The Bertz CT molecular complexity index is 1070. The fourth-order valence-electron chi connectivity index (χ4n) is 3.52. The van der Waals surface area contributed by atoms with Crippen molar-refractivity contribution in [1.29, 1.82) is 0 Å². The van der Waals surface area contributed by atoms with E-state index in [9.17, 15) is 14.4 Å². The Morgan fingerprint density at radius 1 is 1.03 bits per heavy atom. The second kappa shape index (κ2) is 8.05. The quantitative estimate of drug-likeness (QED) is 0.634. The third kappa shape index (κ3) is 3.49. The van der Waals surface area contributed by atoms with E-state index in [1.165, 1.54) is 0 Å². The predicted octanol–water partition coefficient (Wildman–Crippen LogP) is 3.59. The van der Waals surface area contributed by atoms with Crippen LogP contribution in [0.5, 0.6) is 0 Å². The molecule has 1 atom stereocenters. The second-order valence-corrected chi connectivity index (χ2v) is 7.68. The molecule has 0 unspecified atom stereocenters. The molecule has 1 aliphatic rings. The maximum Gasteiger partial charge on any atom is 0.262 e. The molecule has 29 heavy (non-hydrogen) atoms. The largest absolute Gasteiger partial charge is 0.322 e. The highest BCUT2D eigenvalue weighted by Gasteiger charge is 2.42. The maximum absolute atomic E-state index is 13.2. The van der Waals surface area contributed by atoms with Gasteiger partial charge in [-0.25, -0.2) is 0 Å². The van der Waals surface area contributed by atoms with Crippen molar-refractivity contribution >= 4 is 46.1 Å². The molecule has 0 saturated carbocycles. The Balaban J connectivity index is 1.66. The van der Waals surface area contributed by atoms with Gasteiger partial charge in [0.05, 0.1) is 22.3 Å². The number of nitrogens with zero attached hydrogens (tertiary/aromatic N) is 2. The molecule has 0 radical (unpaired) electrons. The van der Waals surface area contributed by atoms with Gasteiger partial charge in [0.25, 0.3) is 11.8 Å². The van der Waals surface area contributed by atoms with Gasteiger partial charge in [-0.1, -0.05) is 30.3 Å². The molecule has 4 rings (SSSR count). The number of hydrogen-bond donors (Lipinski definition) is 1. The van der Waals surface area contributed by atoms with Crippen LogP contribution in [0.25, 0.3) is 10.9 Å². The number of carbonyl (C=O) groups excluding carboxylic acids is 3. The van der Waals surface area contributed by atoms with Gasteiger partial charge in [0, 0.05) is 11.6 Å². The zero-order valence-electron chi connectivity index (χ0n) is 15.8. The van der Waals surface area contributed by atoms with Crippen molar-refractivity contribution in [2.75, 3.05) is 17.3 Å². The number of hydrogen-bond acceptors (Lipinski definition) is 5. The predicted molar refractivity (Wildman–Crippen MR) is 114 cm³/mol. The Hall–Kier alpha value is -3.19. The number of para-hydroxylation sites is 1. The summed E-state index contributed by atoms with van der Waals surface area (Å²) < 4.78 is 0. The van der Waals surface area contributed by atoms with E-state index in [0.29, 0.717) is 34.5 Å². The Morgan fingerprint density at radius 3 is 2.41 bits per heavy atom. The normalized spacial score (nSPS) is 14.2. The number of imide groups is 1. The molecule has 0 saturated heterocycles. The molecular weight excluding hydrogens is 386 g/mol. The van der Waals surface area contributed by atoms with E-state index in [2.05, 4.69) is 10.3 Å². The highest BCUT2D eigenvalue weighted by atomic mass is 32.2. The second-order valence-electron chi connectivity index (χ2n) is 6.69. The van der Waals surface area contributed by atoms with Crippen LogP contribution in [0.2, 0.25) is 0 Å². The summed E-state index contributed by atoms with van der Waals surface area (Å²) in [6, 6.07) is 15.0. The van der Waals surface area contributed by atoms with Gasteiger partial charge in [-0.15, -0.1) is 0 Å². The summed E-state index contributed by atoms with van der Waals surface area (Å²) in [5.74, 6) is -0.614. The monoisotopic (exact) mass is 405 g/mol. The molecule has 0 spiro atoms. The molecule has 2 heterocycles. The average Bonchev–Trinajstić information content (AvgIpc) is 3.00. The van der Waals surface area contributed by atoms with E-state index in [-0.39, 0.29) is 0 Å². The highest BCUT2D eigenvalue weighted by Crippen LogP contribution is 2.27. The minimum absolute atomic E-state index is 0.339. The van der Waals surface area contributed by atoms with Crippen molar-refractivity contribution in [3.05, 3.63) is 71.9 Å². The molecule has 7 heteroatoms. The molecule has 146 valence electrons. The number of thioether (sulfide) groups is 1. The number of aromatic nitrogens is 1. The lowest BCUT2D eigenvalue weighted by molar-refractivity contribution is -0.120. The minimum Gasteiger partial charge on any atom is -0.322 e. The molecule has 3 aromatic rings. The first-order valence-electron chi connectivity index (χ1n) is 9.22. The topological polar surface area (TPSA) is 79.4 Å². The standard InChI is InChI=1S/C22H19N3O3S/c1-29-13-11-18(25-21(27)15-8-2-3-9-16(15)22(25)28)20(26)24-17-10-4-6-14-7-5-12-23-19(14)17/h2-10,12,18H,11,13H2,1H3,(H,24,26)/t18-/m0/s1. The van der Waals surface area contributed by atoms with Gasteiger partial charge in [0.2, 0.25) is 5.91 Å². The van der Waals surface area contributed by atoms with Crippen LogP contribution in [-0.4, -0.2) is 45.7 Å². The van der Waals surface area contributed by atoms with E-state index in [1.807, 2.05) is 30.5 Å². The van der Waals surface area contributed by atoms with Gasteiger partial charge < -0.3 is 5.32 Å². The highest BCUT2D eigenvalue weighted by molar-refractivity contribution is 7.98. The Labute approximate surface area is 172 Å². The minimum atomic E-state index is -0.895. The summed E-state index contributed by atoms with van der Waals surface area (Å²) in [4.78, 5) is 44.4. The first kappa shape index (κ1) is 19.1. The molecular formula is C22H19N3O3S. The molecule has 1 aromatic heterocycles. The van der Waals surface area contributed by atoms with Gasteiger partial charge in [0.1, 0.15) is 6.04 Å². The van der Waals surface area contributed by atoms with E-state index >= 15 is 0 Å². The van der Waals surface area contributed by atoms with Crippen molar-refractivity contribution in [2.24, 2.45) is 0 Å². The van der Waals surface area contributed by atoms with E-state index in [0.717, 1.165) is 10.3 Å². The summed E-state index contributed by atoms with van der Waals surface area (Å²) in [6.07, 6.45) is 3.95. The Kier molecular flexibility index (Phi) is 5.31. The van der Waals surface area contributed by atoms with Crippen molar-refractivity contribution in [1.82, 2.24) is 9.88 Å². The lowest BCUT2D eigenvalue weighted by atomic mass is 10.1. The first-order chi connectivity index (χ1) is 14.1. The molecule has 1 N–H and O–H groups in total. The van der Waals surface area contributed by atoms with Crippen molar-refractivity contribution in [3.63, 3.8) is 0 Å². The van der Waals surface area contributed by atoms with Gasteiger partial charge in [-0.2, -0.15) is 11.8 Å². The van der Waals surface area contributed by atoms with Crippen molar-refractivity contribution in [3.8, 4) is 0 Å². The summed E-state index contributed by atoms with van der Waals surface area (Å²) in [5.41, 5.74) is 1.89. The summed E-state index contributed by atoms with van der Waals surface area (Å²) >= 11 is 1.56. The molecule has 2 aromatic carbocycles. The number of anilines is 1. The number of nitrogens with one attached hydrogen (secondary N) is 1. The summed E-state index contributed by atoms with van der Waals surface area (Å²) in [5, 5.41) is 3.78. The molecule has 6 nitrogen and oxygen atoms in total. The van der Waals surface area contributed by atoms with Crippen LogP contribution < -0.4 is 5.32 Å². The summed E-state index contributed by atoms with van der Waals surface area (Å²) in [7, 11) is 0. The van der Waals surface area contributed by atoms with Crippen LogP contribution in [0.1, 0.15) is 27.1 Å². The lowest BCUT2D eigenvalue weighted by Gasteiger charge is -2.25. The van der Waals surface area contributed by atoms with Crippen LogP contribution in [-0.2, 0) is 4.79 Å². The SMILES string of the molecule is CSCC[C@@H](C(=O)Nc1cccc2cccnc12)N1C(=O)c2ccccc2C1=O. The molecule has 0 aliphatic carbocycles. The first-order valence-corrected chi connectivity index (χ1v) is 10.6. The molecule has 0 bridgehead atoms. The van der Waals surface area contributed by atoms with Gasteiger partial charge in [-0.05, 0) is 42.7 Å². The van der Waals surface area contributed by atoms with Gasteiger partial charge in [-0.3, -0.25) is 24.3 Å². The van der Waals surface area contributed by atoms with Gasteiger partial charge in [0.15, 0.2) is 0 Å². The van der Waals surface area contributed by atoms with E-state index in [4.69, 9.17) is 0 Å². The van der Waals surface area contributed by atoms with E-state index < -0.39 is 23.8 Å². The number of rotatable bonds is 6. The summed E-state index contributed by atoms with van der Waals surface area (Å²) in [6.45, 7) is 0. The number of benzene rings is 2. The molecule has 0 fully saturated rings. The van der Waals surface area contributed by atoms with Gasteiger partial charge >= 0.3 is 0 Å². The average molecular weight is 405 g/mol. The van der Waals surface area contributed by atoms with Crippen LogP contribution in [0, 0.1) is 0 Å². The smallest absolute Gasteiger partial charge is 0.262 e. The van der Waals surface area contributed by atoms with Crippen LogP contribution in [0.15, 0.2) is 60.8 Å². The van der Waals surface area contributed by atoms with Crippen molar-refractivity contribution < 1.29 is 14.4 Å². The molecule has 3 amide bonds. The maximum atomic E-state index is 13.2. The number of pyridine rings is 1. The van der Waals surface area contributed by atoms with Crippen LogP contribution in [0.4, 0.5) is 5.69 Å². The van der Waals surface area contributed by atoms with Crippen LogP contribution in [0.3, 0.4) is 0 Å². The third-order valence-corrected chi connectivity index (χ3v) is 5.57. The zero-order chi connectivity index (χ0) is 20.4. The number of fused-ring (bicyclic) bond motifs is 2. The third-order valence-electron chi connectivity index (χ3n) is 4.93.